The summed E-state index contributed by atoms with van der Waals surface area (Å²) in [6, 6.07) is 0. The average molecular weight is 378 g/mol. The zero-order chi connectivity index (χ0) is 18.7. The monoisotopic (exact) mass is 378 g/mol. The molecule has 0 aliphatic heterocycles. The minimum atomic E-state index is -1.17. The van der Waals surface area contributed by atoms with Gasteiger partial charge in [-0.25, -0.2) is 4.79 Å². The van der Waals surface area contributed by atoms with Crippen LogP contribution in [0.4, 0.5) is 5.00 Å². The molecular formula is C19H24NO5S-. The SMILES string of the molecule is CCOC(=O)c1c(NC(=O)[C@@H]2CCCC[C@@H]2C(=O)[O-])sc2c1CCCC2. The lowest BCUT2D eigenvalue weighted by atomic mass is 9.78. The molecule has 2 atom stereocenters. The summed E-state index contributed by atoms with van der Waals surface area (Å²) >= 11 is 1.42. The lowest BCUT2D eigenvalue weighted by Crippen LogP contribution is -2.42. The van der Waals surface area contributed by atoms with Gasteiger partial charge in [-0.15, -0.1) is 11.3 Å². The second-order valence-electron chi connectivity index (χ2n) is 6.94. The lowest BCUT2D eigenvalue weighted by Gasteiger charge is -2.31. The number of nitrogens with one attached hydrogen (secondary N) is 1. The highest BCUT2D eigenvalue weighted by Gasteiger charge is 2.34. The number of fused-ring (bicyclic) bond motifs is 1. The summed E-state index contributed by atoms with van der Waals surface area (Å²) in [5, 5.41) is 14.7. The number of esters is 1. The highest BCUT2D eigenvalue weighted by Crippen LogP contribution is 2.39. The Morgan fingerprint density at radius 2 is 1.81 bits per heavy atom. The number of ether oxygens (including phenoxy) is 1. The van der Waals surface area contributed by atoms with E-state index in [1.807, 2.05) is 0 Å². The molecule has 1 fully saturated rings. The first kappa shape index (κ1) is 18.9. The molecule has 26 heavy (non-hydrogen) atoms. The standard InChI is InChI=1S/C19H25NO5S/c1-2-25-19(24)15-13-9-5-6-10-14(13)26-17(15)20-16(21)11-7-3-4-8-12(11)18(22)23/h11-12H,2-10H2,1H3,(H,20,21)(H,22,23)/p-1/t11-,12+/m1/s1. The van der Waals surface area contributed by atoms with Crippen molar-refractivity contribution in [2.24, 2.45) is 11.8 Å². The largest absolute Gasteiger partial charge is 0.550 e. The van der Waals surface area contributed by atoms with Gasteiger partial charge in [0.2, 0.25) is 5.91 Å². The number of hydrogen-bond donors (Lipinski definition) is 1. The van der Waals surface area contributed by atoms with Crippen LogP contribution in [0.5, 0.6) is 0 Å². The molecule has 1 amide bonds. The Morgan fingerprint density at radius 3 is 2.50 bits per heavy atom. The van der Waals surface area contributed by atoms with E-state index in [2.05, 4.69) is 5.32 Å². The molecule has 1 heterocycles. The molecule has 1 aromatic rings. The summed E-state index contributed by atoms with van der Waals surface area (Å²) < 4.78 is 5.19. The van der Waals surface area contributed by atoms with E-state index in [1.54, 1.807) is 6.92 Å². The fourth-order valence-electron chi connectivity index (χ4n) is 4.00. The van der Waals surface area contributed by atoms with Gasteiger partial charge in [-0.3, -0.25) is 4.79 Å². The van der Waals surface area contributed by atoms with Crippen LogP contribution < -0.4 is 10.4 Å². The summed E-state index contributed by atoms with van der Waals surface area (Å²) in [5.41, 5.74) is 1.44. The van der Waals surface area contributed by atoms with Crippen LogP contribution in [0.25, 0.3) is 0 Å². The Bertz CT molecular complexity index is 711. The third kappa shape index (κ3) is 3.77. The van der Waals surface area contributed by atoms with Gasteiger partial charge in [-0.1, -0.05) is 12.8 Å². The van der Waals surface area contributed by atoms with E-state index >= 15 is 0 Å². The number of thiophene rings is 1. The number of aryl methyl sites for hydroxylation is 1. The second-order valence-corrected chi connectivity index (χ2v) is 8.05. The fourth-order valence-corrected chi connectivity index (χ4v) is 5.28. The zero-order valence-corrected chi connectivity index (χ0v) is 15.8. The first-order valence-electron chi connectivity index (χ1n) is 9.36. The number of carboxylic acid groups (broad SMARTS) is 1. The van der Waals surface area contributed by atoms with E-state index in [1.165, 1.54) is 11.3 Å². The number of aliphatic carboxylic acids is 1. The van der Waals surface area contributed by atoms with Gasteiger partial charge in [0, 0.05) is 22.7 Å². The molecule has 0 spiro atoms. The predicted molar refractivity (Wildman–Crippen MR) is 96.0 cm³/mol. The summed E-state index contributed by atoms with van der Waals surface area (Å²) in [5.74, 6) is -3.28. The molecule has 0 unspecified atom stereocenters. The topological polar surface area (TPSA) is 95.5 Å². The molecule has 0 bridgehead atoms. The lowest BCUT2D eigenvalue weighted by molar-refractivity contribution is -0.313. The third-order valence-electron chi connectivity index (χ3n) is 5.29. The van der Waals surface area contributed by atoms with Gasteiger partial charge >= 0.3 is 5.97 Å². The second kappa shape index (κ2) is 8.20. The van der Waals surface area contributed by atoms with E-state index in [0.29, 0.717) is 23.4 Å². The van der Waals surface area contributed by atoms with Crippen molar-refractivity contribution in [1.82, 2.24) is 0 Å². The van der Waals surface area contributed by atoms with Crippen LogP contribution in [-0.4, -0.2) is 24.5 Å². The van der Waals surface area contributed by atoms with Gasteiger partial charge < -0.3 is 20.0 Å². The first-order chi connectivity index (χ1) is 12.5. The molecule has 7 heteroatoms. The van der Waals surface area contributed by atoms with E-state index < -0.39 is 23.8 Å². The molecule has 1 saturated carbocycles. The average Bonchev–Trinajstić information content (AvgIpc) is 2.99. The number of carboxylic acids is 1. The smallest absolute Gasteiger partial charge is 0.341 e. The third-order valence-corrected chi connectivity index (χ3v) is 6.50. The molecule has 1 N–H and O–H groups in total. The quantitative estimate of drug-likeness (QED) is 0.793. The maximum absolute atomic E-state index is 12.8. The van der Waals surface area contributed by atoms with Gasteiger partial charge in [-0.2, -0.15) is 0 Å². The molecule has 0 saturated heterocycles. The van der Waals surface area contributed by atoms with Crippen molar-refractivity contribution in [2.75, 3.05) is 11.9 Å². The molecule has 0 aromatic carbocycles. The van der Waals surface area contributed by atoms with Crippen LogP contribution in [0.1, 0.15) is 66.2 Å². The van der Waals surface area contributed by atoms with Crippen LogP contribution in [0, 0.1) is 11.8 Å². The van der Waals surface area contributed by atoms with E-state index in [9.17, 15) is 19.5 Å². The minimum absolute atomic E-state index is 0.270. The van der Waals surface area contributed by atoms with Gasteiger partial charge in [0.1, 0.15) is 5.00 Å². The molecule has 6 nitrogen and oxygen atoms in total. The Hall–Kier alpha value is -1.89. The minimum Gasteiger partial charge on any atom is -0.550 e. The van der Waals surface area contributed by atoms with Crippen LogP contribution in [-0.2, 0) is 27.2 Å². The van der Waals surface area contributed by atoms with Crippen LogP contribution in [0.15, 0.2) is 0 Å². The van der Waals surface area contributed by atoms with Gasteiger partial charge in [0.15, 0.2) is 0 Å². The van der Waals surface area contributed by atoms with Crippen molar-refractivity contribution in [1.29, 1.82) is 0 Å². The molecule has 142 valence electrons. The van der Waals surface area contributed by atoms with Crippen molar-refractivity contribution < 1.29 is 24.2 Å². The highest BCUT2D eigenvalue weighted by atomic mass is 32.1. The predicted octanol–water partition coefficient (Wildman–Crippen LogP) is 2.30. The van der Waals surface area contributed by atoms with Gasteiger partial charge in [0.25, 0.3) is 0 Å². The molecule has 2 aliphatic carbocycles. The van der Waals surface area contributed by atoms with Crippen molar-refractivity contribution in [2.45, 2.75) is 58.3 Å². The Kier molecular flexibility index (Phi) is 5.96. The first-order valence-corrected chi connectivity index (χ1v) is 10.2. The van der Waals surface area contributed by atoms with Crippen molar-refractivity contribution in [3.8, 4) is 0 Å². The van der Waals surface area contributed by atoms with Gasteiger partial charge in [0.05, 0.1) is 12.2 Å². The highest BCUT2D eigenvalue weighted by molar-refractivity contribution is 7.17. The van der Waals surface area contributed by atoms with E-state index in [-0.39, 0.29) is 12.5 Å². The maximum atomic E-state index is 12.8. The number of carbonyl (C=O) groups is 3. The van der Waals surface area contributed by atoms with E-state index in [4.69, 9.17) is 4.74 Å². The number of anilines is 1. The number of hydrogen-bond acceptors (Lipinski definition) is 6. The van der Waals surface area contributed by atoms with Crippen LogP contribution >= 0.6 is 11.3 Å². The molecule has 2 aliphatic rings. The summed E-state index contributed by atoms with van der Waals surface area (Å²) in [6.07, 6.45) is 6.40. The van der Waals surface area contributed by atoms with Crippen LogP contribution in [0.2, 0.25) is 0 Å². The molecule has 1 aromatic heterocycles. The van der Waals surface area contributed by atoms with Crippen molar-refractivity contribution in [3.63, 3.8) is 0 Å². The Morgan fingerprint density at radius 1 is 1.12 bits per heavy atom. The summed E-state index contributed by atoms with van der Waals surface area (Å²) in [7, 11) is 0. The molecule has 0 radical (unpaired) electrons. The maximum Gasteiger partial charge on any atom is 0.341 e. The molecular weight excluding hydrogens is 354 g/mol. The van der Waals surface area contributed by atoms with E-state index in [0.717, 1.165) is 49.0 Å². The number of rotatable bonds is 5. The summed E-state index contributed by atoms with van der Waals surface area (Å²) in [4.78, 5) is 37.7. The van der Waals surface area contributed by atoms with Crippen LogP contribution in [0.3, 0.4) is 0 Å². The van der Waals surface area contributed by atoms with Crippen molar-refractivity contribution >= 4 is 34.2 Å². The number of carbonyl (C=O) groups excluding carboxylic acids is 3. The zero-order valence-electron chi connectivity index (χ0n) is 15.0. The Balaban J connectivity index is 1.86. The van der Waals surface area contributed by atoms with Crippen molar-refractivity contribution in [3.05, 3.63) is 16.0 Å². The number of amides is 1. The summed E-state index contributed by atoms with van der Waals surface area (Å²) in [6.45, 7) is 2.02. The Labute approximate surface area is 156 Å². The van der Waals surface area contributed by atoms with Gasteiger partial charge in [-0.05, 0) is 51.0 Å². The molecule has 3 rings (SSSR count). The fraction of sp³-hybridized carbons (Fsp3) is 0.632. The normalized spacial score (nSPS) is 22.3.